The fourth-order valence-corrected chi connectivity index (χ4v) is 2.30. The lowest BCUT2D eigenvalue weighted by molar-refractivity contribution is -0.104. The van der Waals surface area contributed by atoms with Gasteiger partial charge in [-0.3, -0.25) is 14.6 Å². The molecule has 3 rings (SSSR count). The number of amides is 1. The van der Waals surface area contributed by atoms with Crippen LogP contribution in [0, 0.1) is 0 Å². The average molecular weight is 291 g/mol. The van der Waals surface area contributed by atoms with Gasteiger partial charge in [0.15, 0.2) is 6.29 Å². The number of aromatic nitrogens is 1. The van der Waals surface area contributed by atoms with Crippen molar-refractivity contribution in [2.45, 2.75) is 6.42 Å². The normalized spacial score (nSPS) is 14.9. The number of hydrazone groups is 1. The van der Waals surface area contributed by atoms with Gasteiger partial charge in [0.05, 0.1) is 0 Å². The Morgan fingerprint density at radius 2 is 1.95 bits per heavy atom. The van der Waals surface area contributed by atoms with Crippen LogP contribution >= 0.6 is 0 Å². The third kappa shape index (κ3) is 2.69. The molecule has 5 nitrogen and oxygen atoms in total. The molecule has 1 heterocycles. The van der Waals surface area contributed by atoms with E-state index in [0.717, 1.165) is 17.4 Å². The molecule has 1 aromatic carbocycles. The van der Waals surface area contributed by atoms with Gasteiger partial charge < -0.3 is 0 Å². The van der Waals surface area contributed by atoms with Gasteiger partial charge in [0.2, 0.25) is 0 Å². The molecule has 22 heavy (non-hydrogen) atoms. The number of hydrogen-bond donors (Lipinski definition) is 1. The van der Waals surface area contributed by atoms with Crippen LogP contribution in [0.4, 0.5) is 0 Å². The molecule has 1 aliphatic carbocycles. The van der Waals surface area contributed by atoms with E-state index in [-0.39, 0.29) is 5.91 Å². The number of rotatable bonds is 3. The number of nitrogens with one attached hydrogen (secondary N) is 1. The molecule has 0 saturated heterocycles. The molecule has 0 aliphatic heterocycles. The van der Waals surface area contributed by atoms with Crippen LogP contribution < -0.4 is 5.43 Å². The second-order valence-electron chi connectivity index (χ2n) is 4.78. The van der Waals surface area contributed by atoms with E-state index in [1.54, 1.807) is 12.1 Å². The number of pyridine rings is 1. The molecule has 1 N–H and O–H groups in total. The summed E-state index contributed by atoms with van der Waals surface area (Å²) in [4.78, 5) is 27.1. The Morgan fingerprint density at radius 3 is 2.73 bits per heavy atom. The lowest BCUT2D eigenvalue weighted by Gasteiger charge is -2.16. The van der Waals surface area contributed by atoms with Crippen molar-refractivity contribution in [2.24, 2.45) is 5.10 Å². The van der Waals surface area contributed by atoms with Crippen molar-refractivity contribution in [3.8, 4) is 0 Å². The van der Waals surface area contributed by atoms with Crippen molar-refractivity contribution in [1.29, 1.82) is 0 Å². The molecule has 0 bridgehead atoms. The van der Waals surface area contributed by atoms with Gasteiger partial charge in [0.1, 0.15) is 5.71 Å². The van der Waals surface area contributed by atoms with Crippen molar-refractivity contribution in [3.05, 3.63) is 77.1 Å². The van der Waals surface area contributed by atoms with Gasteiger partial charge in [0.25, 0.3) is 5.91 Å². The van der Waals surface area contributed by atoms with E-state index in [1.807, 2.05) is 30.3 Å². The van der Waals surface area contributed by atoms with Crippen molar-refractivity contribution in [2.75, 3.05) is 0 Å². The molecular weight excluding hydrogens is 278 g/mol. The summed E-state index contributed by atoms with van der Waals surface area (Å²) in [7, 11) is 0. The Bertz CT molecular complexity index is 780. The predicted octanol–water partition coefficient (Wildman–Crippen LogP) is 1.90. The second kappa shape index (κ2) is 6.13. The molecule has 2 aromatic rings. The van der Waals surface area contributed by atoms with Crippen molar-refractivity contribution >= 4 is 17.9 Å². The fraction of sp³-hybridized carbons (Fsp3) is 0.0588. The van der Waals surface area contributed by atoms with E-state index in [0.29, 0.717) is 23.3 Å². The van der Waals surface area contributed by atoms with Crippen LogP contribution in [0.1, 0.15) is 21.5 Å². The second-order valence-corrected chi connectivity index (χ2v) is 4.78. The maximum Gasteiger partial charge on any atom is 0.271 e. The largest absolute Gasteiger partial charge is 0.298 e. The summed E-state index contributed by atoms with van der Waals surface area (Å²) >= 11 is 0. The minimum absolute atomic E-state index is 0.344. The summed E-state index contributed by atoms with van der Waals surface area (Å²) in [5.74, 6) is -0.344. The molecule has 0 unspecified atom stereocenters. The predicted molar refractivity (Wildman–Crippen MR) is 82.5 cm³/mol. The molecule has 108 valence electrons. The first-order chi connectivity index (χ1) is 10.8. The van der Waals surface area contributed by atoms with Gasteiger partial charge in [-0.2, -0.15) is 5.10 Å². The number of carbonyl (C=O) groups is 2. The SMILES string of the molecule is O=CC1=CCc2ccccc2C1=NNC(=O)c1ccncc1. The quantitative estimate of drug-likeness (QED) is 0.693. The summed E-state index contributed by atoms with van der Waals surface area (Å²) in [5, 5.41) is 4.15. The Morgan fingerprint density at radius 1 is 1.18 bits per heavy atom. The third-order valence-corrected chi connectivity index (χ3v) is 3.43. The minimum Gasteiger partial charge on any atom is -0.298 e. The Hall–Kier alpha value is -3.08. The van der Waals surface area contributed by atoms with Crippen molar-refractivity contribution < 1.29 is 9.59 Å². The van der Waals surface area contributed by atoms with Gasteiger partial charge in [-0.25, -0.2) is 5.43 Å². The van der Waals surface area contributed by atoms with Gasteiger partial charge in [-0.15, -0.1) is 0 Å². The van der Waals surface area contributed by atoms with E-state index >= 15 is 0 Å². The number of allylic oxidation sites excluding steroid dienone is 2. The van der Waals surface area contributed by atoms with Crippen LogP contribution in [0.3, 0.4) is 0 Å². The standard InChI is InChI=1S/C17H13N3O2/c21-11-14-6-5-12-3-1-2-4-15(12)16(14)19-20-17(22)13-7-9-18-10-8-13/h1-4,6-11H,5H2,(H,20,22). The monoisotopic (exact) mass is 291 g/mol. The lowest BCUT2D eigenvalue weighted by Crippen LogP contribution is -2.23. The molecule has 0 saturated carbocycles. The topological polar surface area (TPSA) is 71.4 Å². The first-order valence-corrected chi connectivity index (χ1v) is 6.81. The first kappa shape index (κ1) is 13.9. The molecular formula is C17H13N3O2. The molecule has 1 amide bonds. The third-order valence-electron chi connectivity index (χ3n) is 3.43. The van der Waals surface area contributed by atoms with Crippen LogP contribution in [0.5, 0.6) is 0 Å². The maximum atomic E-state index is 12.0. The van der Waals surface area contributed by atoms with E-state index < -0.39 is 0 Å². The first-order valence-electron chi connectivity index (χ1n) is 6.81. The smallest absolute Gasteiger partial charge is 0.271 e. The van der Waals surface area contributed by atoms with Gasteiger partial charge in [0, 0.05) is 29.1 Å². The minimum atomic E-state index is -0.344. The van der Waals surface area contributed by atoms with E-state index in [1.165, 1.54) is 12.4 Å². The number of carbonyl (C=O) groups excluding carboxylic acids is 2. The molecule has 0 radical (unpaired) electrons. The van der Waals surface area contributed by atoms with Gasteiger partial charge in [-0.1, -0.05) is 30.3 Å². The number of nitrogens with zero attached hydrogens (tertiary/aromatic N) is 2. The molecule has 0 atom stereocenters. The van der Waals surface area contributed by atoms with Crippen LogP contribution in [-0.4, -0.2) is 22.9 Å². The van der Waals surface area contributed by atoms with Crippen LogP contribution in [-0.2, 0) is 11.2 Å². The number of benzene rings is 1. The zero-order chi connectivity index (χ0) is 15.4. The highest BCUT2D eigenvalue weighted by Gasteiger charge is 2.18. The molecule has 0 spiro atoms. The fourth-order valence-electron chi connectivity index (χ4n) is 2.30. The summed E-state index contributed by atoms with van der Waals surface area (Å²) in [6, 6.07) is 10.9. The summed E-state index contributed by atoms with van der Waals surface area (Å²) in [5.41, 5.74) is 5.86. The lowest BCUT2D eigenvalue weighted by atomic mass is 9.90. The Balaban J connectivity index is 1.91. The Labute approximate surface area is 127 Å². The molecule has 1 aromatic heterocycles. The molecule has 0 fully saturated rings. The van der Waals surface area contributed by atoms with Crippen LogP contribution in [0.15, 0.2) is 65.5 Å². The highest BCUT2D eigenvalue weighted by Crippen LogP contribution is 2.20. The van der Waals surface area contributed by atoms with Gasteiger partial charge in [-0.05, 0) is 24.1 Å². The summed E-state index contributed by atoms with van der Waals surface area (Å²) in [6.45, 7) is 0. The van der Waals surface area contributed by atoms with E-state index in [9.17, 15) is 9.59 Å². The summed E-state index contributed by atoms with van der Waals surface area (Å²) in [6.07, 6.45) is 6.32. The van der Waals surface area contributed by atoms with Crippen molar-refractivity contribution in [3.63, 3.8) is 0 Å². The van der Waals surface area contributed by atoms with E-state index in [2.05, 4.69) is 15.5 Å². The highest BCUT2D eigenvalue weighted by atomic mass is 16.2. The van der Waals surface area contributed by atoms with Crippen molar-refractivity contribution in [1.82, 2.24) is 10.4 Å². The number of hydrogen-bond acceptors (Lipinski definition) is 4. The van der Waals surface area contributed by atoms with Crippen LogP contribution in [0.2, 0.25) is 0 Å². The van der Waals surface area contributed by atoms with E-state index in [4.69, 9.17) is 0 Å². The highest BCUT2D eigenvalue weighted by molar-refractivity contribution is 6.24. The van der Waals surface area contributed by atoms with Crippen LogP contribution in [0.25, 0.3) is 0 Å². The Kier molecular flexibility index (Phi) is 3.87. The van der Waals surface area contributed by atoms with Gasteiger partial charge >= 0.3 is 0 Å². The molecule has 1 aliphatic rings. The zero-order valence-corrected chi connectivity index (χ0v) is 11.7. The number of fused-ring (bicyclic) bond motifs is 1. The zero-order valence-electron chi connectivity index (χ0n) is 11.7. The average Bonchev–Trinajstić information content (AvgIpc) is 2.60. The summed E-state index contributed by atoms with van der Waals surface area (Å²) < 4.78 is 0. The maximum absolute atomic E-state index is 12.0. The molecule has 5 heteroatoms. The number of aldehydes is 1.